The number of anilines is 1. The minimum atomic E-state index is -0.939. The quantitative estimate of drug-likeness (QED) is 0.176. The Labute approximate surface area is 202 Å². The van der Waals surface area contributed by atoms with Crippen LogP contribution in [0.5, 0.6) is 0 Å². The lowest BCUT2D eigenvalue weighted by molar-refractivity contribution is 0.0966. The number of amides is 4. The molecule has 1 N–H and O–H groups in total. The fourth-order valence-corrected chi connectivity index (χ4v) is 3.42. The van der Waals surface area contributed by atoms with Crippen LogP contribution in [-0.4, -0.2) is 40.7 Å². The number of halogens is 3. The van der Waals surface area contributed by atoms with Gasteiger partial charge in [-0.15, -0.1) is 11.8 Å². The second-order valence-electron chi connectivity index (χ2n) is 5.88. The molecule has 0 saturated heterocycles. The van der Waals surface area contributed by atoms with Gasteiger partial charge in [0.2, 0.25) is 0 Å². The predicted molar refractivity (Wildman–Crippen MR) is 127 cm³/mol. The van der Waals surface area contributed by atoms with E-state index in [0.29, 0.717) is 17.2 Å². The number of nitrogens with one attached hydrogen (secondary N) is 1. The van der Waals surface area contributed by atoms with Gasteiger partial charge in [0.05, 0.1) is 33.4 Å². The van der Waals surface area contributed by atoms with Gasteiger partial charge in [-0.3, -0.25) is 14.9 Å². The van der Waals surface area contributed by atoms with E-state index < -0.39 is 23.8 Å². The van der Waals surface area contributed by atoms with Gasteiger partial charge in [-0.25, -0.2) is 22.6 Å². The highest BCUT2D eigenvalue weighted by Gasteiger charge is 2.26. The summed E-state index contributed by atoms with van der Waals surface area (Å²) in [5.41, 5.74) is 0.0817. The van der Waals surface area contributed by atoms with Crippen molar-refractivity contribution in [3.05, 3.63) is 63.9 Å². The van der Waals surface area contributed by atoms with Crippen LogP contribution < -0.4 is 9.62 Å². The summed E-state index contributed by atoms with van der Waals surface area (Å²) in [5, 5.41) is 6.38. The van der Waals surface area contributed by atoms with Crippen LogP contribution in [0, 0.1) is 5.82 Å². The Morgan fingerprint density at radius 1 is 1.09 bits per heavy atom. The molecule has 0 aliphatic heterocycles. The van der Waals surface area contributed by atoms with Gasteiger partial charge in [0.15, 0.2) is 0 Å². The van der Waals surface area contributed by atoms with E-state index in [0.717, 1.165) is 20.7 Å². The van der Waals surface area contributed by atoms with Crippen LogP contribution in [0.4, 0.5) is 19.7 Å². The maximum Gasteiger partial charge on any atom is 0.447 e. The van der Waals surface area contributed by atoms with Gasteiger partial charge in [-0.1, -0.05) is 34.4 Å². The molecule has 0 aliphatic carbocycles. The number of hydrogen-bond acceptors (Lipinski definition) is 7. The summed E-state index contributed by atoms with van der Waals surface area (Å²) in [5.74, 6) is -1.39. The number of nitrogens with zero attached hydrogens (tertiary/aromatic N) is 3. The smallest absolute Gasteiger partial charge is 0.296 e. The van der Waals surface area contributed by atoms with Crippen LogP contribution in [0.3, 0.4) is 0 Å². The van der Waals surface area contributed by atoms with Crippen molar-refractivity contribution in [3.8, 4) is 0 Å². The number of rotatable bonds is 5. The molecule has 0 fully saturated rings. The monoisotopic (exact) mass is 518 g/mol. The maximum absolute atomic E-state index is 13.4. The van der Waals surface area contributed by atoms with E-state index in [9.17, 15) is 18.8 Å². The van der Waals surface area contributed by atoms with E-state index in [-0.39, 0.29) is 21.3 Å². The van der Waals surface area contributed by atoms with E-state index in [2.05, 4.69) is 10.5 Å². The van der Waals surface area contributed by atoms with Crippen molar-refractivity contribution in [2.24, 2.45) is 5.16 Å². The lowest BCUT2D eigenvalue weighted by Gasteiger charge is -2.25. The molecule has 4 amide bonds. The lowest BCUT2D eigenvalue weighted by atomic mass is 10.2. The molecule has 0 bridgehead atoms. The minimum Gasteiger partial charge on any atom is -0.296 e. The standard InChI is InChI=1S/C19H17Cl2FN4O4S2/c1-11(31-3)24-30-19(29)25(2)32-26(13-9-7-12(22)8-10-13)18(28)23-17(27)16-14(20)5-4-6-15(16)21/h4-10H,1-3H3,(H,23,27,28)/b24-11+. The third-order valence-corrected chi connectivity index (χ3v) is 5.89. The molecule has 0 saturated carbocycles. The zero-order chi connectivity index (χ0) is 23.8. The number of urea groups is 1. The van der Waals surface area contributed by atoms with Crippen LogP contribution in [0.25, 0.3) is 0 Å². The summed E-state index contributed by atoms with van der Waals surface area (Å²) < 4.78 is 15.3. The molecule has 0 spiro atoms. The SMILES string of the molecule is CS/C(C)=N/OC(=O)N(C)SN(C(=O)NC(=O)c1c(Cl)cccc1Cl)c1ccc(F)cc1. The van der Waals surface area contributed by atoms with Crippen molar-refractivity contribution in [1.82, 2.24) is 9.62 Å². The summed E-state index contributed by atoms with van der Waals surface area (Å²) in [4.78, 5) is 42.5. The molecule has 2 aromatic rings. The zero-order valence-corrected chi connectivity index (χ0v) is 20.1. The molecular formula is C19H17Cl2FN4O4S2. The van der Waals surface area contributed by atoms with Crippen molar-refractivity contribution >= 4 is 75.9 Å². The Morgan fingerprint density at radius 2 is 1.69 bits per heavy atom. The third-order valence-electron chi connectivity index (χ3n) is 3.66. The van der Waals surface area contributed by atoms with Crippen LogP contribution in [-0.2, 0) is 4.84 Å². The van der Waals surface area contributed by atoms with Gasteiger partial charge < -0.3 is 0 Å². The van der Waals surface area contributed by atoms with Crippen molar-refractivity contribution < 1.29 is 23.6 Å². The van der Waals surface area contributed by atoms with Crippen molar-refractivity contribution in [1.29, 1.82) is 0 Å². The molecule has 2 aromatic carbocycles. The average Bonchev–Trinajstić information content (AvgIpc) is 2.75. The van der Waals surface area contributed by atoms with E-state index in [1.807, 2.05) is 0 Å². The Morgan fingerprint density at radius 3 is 2.25 bits per heavy atom. The van der Waals surface area contributed by atoms with Gasteiger partial charge in [0.25, 0.3) is 5.91 Å². The number of carbonyl (C=O) groups is 3. The molecule has 0 aromatic heterocycles. The number of carbonyl (C=O) groups excluding carboxylic acids is 3. The fraction of sp³-hybridized carbons (Fsp3) is 0.158. The molecule has 2 rings (SSSR count). The molecule has 0 heterocycles. The number of hydrogen-bond donors (Lipinski definition) is 1. The third kappa shape index (κ3) is 7.02. The molecule has 32 heavy (non-hydrogen) atoms. The van der Waals surface area contributed by atoms with Crippen molar-refractivity contribution in [2.75, 3.05) is 17.6 Å². The minimum absolute atomic E-state index is 0.0477. The average molecular weight is 519 g/mol. The Balaban J connectivity index is 2.25. The van der Waals surface area contributed by atoms with Gasteiger partial charge in [-0.05, 0) is 49.6 Å². The molecule has 0 radical (unpaired) electrons. The maximum atomic E-state index is 13.4. The Hall–Kier alpha value is -2.47. The first-order chi connectivity index (χ1) is 15.1. The number of thioether (sulfide) groups is 1. The second kappa shape index (κ2) is 12.0. The van der Waals surface area contributed by atoms with Gasteiger partial charge in [-0.2, -0.15) is 0 Å². The fourth-order valence-electron chi connectivity index (χ4n) is 2.06. The van der Waals surface area contributed by atoms with Gasteiger partial charge in [0.1, 0.15) is 10.9 Å². The molecule has 0 atom stereocenters. The van der Waals surface area contributed by atoms with Crippen LogP contribution >= 0.6 is 47.1 Å². The van der Waals surface area contributed by atoms with E-state index in [1.54, 1.807) is 19.2 Å². The van der Waals surface area contributed by atoms with E-state index in [1.165, 1.54) is 43.1 Å². The summed E-state index contributed by atoms with van der Waals surface area (Å²) in [6.45, 7) is 1.65. The van der Waals surface area contributed by atoms with Crippen LogP contribution in [0.15, 0.2) is 47.6 Å². The first-order valence-electron chi connectivity index (χ1n) is 8.70. The zero-order valence-electron chi connectivity index (χ0n) is 17.0. The van der Waals surface area contributed by atoms with Crippen molar-refractivity contribution in [3.63, 3.8) is 0 Å². The molecule has 8 nitrogen and oxygen atoms in total. The highest BCUT2D eigenvalue weighted by molar-refractivity contribution is 8.13. The number of benzene rings is 2. The molecule has 0 aliphatic rings. The number of imide groups is 1. The molecule has 0 unspecified atom stereocenters. The van der Waals surface area contributed by atoms with E-state index >= 15 is 0 Å². The Bertz CT molecular complexity index is 1020. The summed E-state index contributed by atoms with van der Waals surface area (Å²) >= 11 is 13.9. The normalized spacial score (nSPS) is 11.0. The topological polar surface area (TPSA) is 91.3 Å². The summed E-state index contributed by atoms with van der Waals surface area (Å²) in [6.07, 6.45) is 0.873. The first kappa shape index (κ1) is 25.8. The van der Waals surface area contributed by atoms with Gasteiger partial charge >= 0.3 is 12.1 Å². The highest BCUT2D eigenvalue weighted by atomic mass is 35.5. The molecule has 13 heteroatoms. The largest absolute Gasteiger partial charge is 0.447 e. The second-order valence-corrected chi connectivity index (χ2v) is 8.77. The van der Waals surface area contributed by atoms with E-state index in [4.69, 9.17) is 28.0 Å². The van der Waals surface area contributed by atoms with Crippen LogP contribution in [0.1, 0.15) is 17.3 Å². The lowest BCUT2D eigenvalue weighted by Crippen LogP contribution is -2.42. The summed E-state index contributed by atoms with van der Waals surface area (Å²) in [6, 6.07) is 8.33. The summed E-state index contributed by atoms with van der Waals surface area (Å²) in [7, 11) is 1.33. The van der Waals surface area contributed by atoms with Crippen molar-refractivity contribution in [2.45, 2.75) is 6.92 Å². The van der Waals surface area contributed by atoms with Gasteiger partial charge in [0, 0.05) is 7.05 Å². The van der Waals surface area contributed by atoms with Crippen LogP contribution in [0.2, 0.25) is 10.0 Å². The Kier molecular flexibility index (Phi) is 9.63. The number of oxime groups is 1. The predicted octanol–water partition coefficient (Wildman–Crippen LogP) is 5.82. The molecule has 170 valence electrons. The highest BCUT2D eigenvalue weighted by Crippen LogP contribution is 2.27. The molecular weight excluding hydrogens is 502 g/mol. The first-order valence-corrected chi connectivity index (χ1v) is 11.4.